The third kappa shape index (κ3) is 3.23. The Balaban J connectivity index is 1.90. The van der Waals surface area contributed by atoms with Crippen molar-refractivity contribution in [2.24, 2.45) is 5.92 Å². The Labute approximate surface area is 101 Å². The molecule has 0 radical (unpaired) electrons. The van der Waals surface area contributed by atoms with Crippen LogP contribution in [0, 0.1) is 19.8 Å². The Morgan fingerprint density at radius 1 is 1.47 bits per heavy atom. The first-order valence-electron chi connectivity index (χ1n) is 5.95. The third-order valence-corrected chi connectivity index (χ3v) is 2.88. The second-order valence-electron chi connectivity index (χ2n) is 4.47. The monoisotopic (exact) mass is 234 g/mol. The molecule has 2 N–H and O–H groups in total. The van der Waals surface area contributed by atoms with Gasteiger partial charge in [0.05, 0.1) is 12.5 Å². The minimum absolute atomic E-state index is 0.0951. The number of aromatic nitrogens is 2. The molecule has 5 nitrogen and oxygen atoms in total. The van der Waals surface area contributed by atoms with Crippen LogP contribution in [0.5, 0.6) is 0 Å². The maximum absolute atomic E-state index is 11.8. The van der Waals surface area contributed by atoms with Gasteiger partial charge in [0.1, 0.15) is 5.82 Å². The van der Waals surface area contributed by atoms with E-state index in [1.54, 1.807) is 0 Å². The molecule has 1 amide bonds. The average molecular weight is 234 g/mol. The number of nitrogens with zero attached hydrogens (tertiary/aromatic N) is 2. The van der Waals surface area contributed by atoms with Crippen LogP contribution in [0.4, 0.5) is 0 Å². The Hall–Kier alpha value is -1.49. The number of hydrogen-bond donors (Lipinski definition) is 2. The number of nitrogens with one attached hydrogen (secondary N) is 2. The van der Waals surface area contributed by atoms with Crippen LogP contribution in [0.25, 0.3) is 0 Å². The zero-order chi connectivity index (χ0) is 12.3. The van der Waals surface area contributed by atoms with Gasteiger partial charge in [-0.2, -0.15) is 0 Å². The number of hydrogen-bond acceptors (Lipinski definition) is 4. The van der Waals surface area contributed by atoms with Gasteiger partial charge in [-0.3, -0.25) is 4.79 Å². The summed E-state index contributed by atoms with van der Waals surface area (Å²) in [7, 11) is 0. The first-order valence-corrected chi connectivity index (χ1v) is 5.95. The van der Waals surface area contributed by atoms with Gasteiger partial charge in [-0.05, 0) is 32.9 Å². The van der Waals surface area contributed by atoms with E-state index in [2.05, 4.69) is 20.6 Å². The molecule has 1 atom stereocenters. The first-order chi connectivity index (χ1) is 8.15. The highest BCUT2D eigenvalue weighted by atomic mass is 16.1. The van der Waals surface area contributed by atoms with Crippen molar-refractivity contribution in [1.29, 1.82) is 0 Å². The molecule has 0 saturated carbocycles. The minimum Gasteiger partial charge on any atom is -0.349 e. The van der Waals surface area contributed by atoms with E-state index in [1.165, 1.54) is 0 Å². The van der Waals surface area contributed by atoms with E-state index in [9.17, 15) is 4.79 Å². The number of rotatable bonds is 3. The second kappa shape index (κ2) is 5.23. The molecule has 0 spiro atoms. The lowest BCUT2D eigenvalue weighted by Crippen LogP contribution is -2.32. The fourth-order valence-corrected chi connectivity index (χ4v) is 2.07. The van der Waals surface area contributed by atoms with Crippen LogP contribution in [0.2, 0.25) is 0 Å². The molecular weight excluding hydrogens is 216 g/mol. The summed E-state index contributed by atoms with van der Waals surface area (Å²) < 4.78 is 0. The van der Waals surface area contributed by atoms with Gasteiger partial charge >= 0.3 is 0 Å². The van der Waals surface area contributed by atoms with Crippen molar-refractivity contribution >= 4 is 5.91 Å². The van der Waals surface area contributed by atoms with Crippen LogP contribution in [0.15, 0.2) is 6.07 Å². The summed E-state index contributed by atoms with van der Waals surface area (Å²) in [6, 6.07) is 1.92. The van der Waals surface area contributed by atoms with Gasteiger partial charge in [-0.25, -0.2) is 9.97 Å². The molecule has 2 rings (SSSR count). The van der Waals surface area contributed by atoms with Crippen molar-refractivity contribution in [1.82, 2.24) is 20.6 Å². The standard InChI is InChI=1S/C12H18N4O/c1-8-5-9(2)16-11(15-8)7-14-12(17)10-3-4-13-6-10/h5,10,13H,3-4,6-7H2,1-2H3,(H,14,17)/t10-/m1/s1. The molecule has 1 fully saturated rings. The van der Waals surface area contributed by atoms with E-state index in [1.807, 2.05) is 19.9 Å². The molecule has 0 aromatic carbocycles. The number of aryl methyl sites for hydroxylation is 2. The van der Waals surface area contributed by atoms with Crippen molar-refractivity contribution in [3.63, 3.8) is 0 Å². The Kier molecular flexibility index (Phi) is 3.68. The highest BCUT2D eigenvalue weighted by Gasteiger charge is 2.21. The number of amides is 1. The van der Waals surface area contributed by atoms with E-state index in [0.29, 0.717) is 12.4 Å². The van der Waals surface area contributed by atoms with Crippen LogP contribution in [-0.2, 0) is 11.3 Å². The Morgan fingerprint density at radius 3 is 2.76 bits per heavy atom. The zero-order valence-electron chi connectivity index (χ0n) is 10.3. The van der Waals surface area contributed by atoms with Gasteiger partial charge < -0.3 is 10.6 Å². The fourth-order valence-electron chi connectivity index (χ4n) is 2.07. The summed E-state index contributed by atoms with van der Waals surface area (Å²) in [5.74, 6) is 0.875. The zero-order valence-corrected chi connectivity index (χ0v) is 10.3. The first kappa shape index (κ1) is 12.0. The summed E-state index contributed by atoms with van der Waals surface area (Å²) in [6.45, 7) is 5.98. The summed E-state index contributed by atoms with van der Waals surface area (Å²) in [6.07, 6.45) is 0.916. The number of carbonyl (C=O) groups is 1. The molecule has 17 heavy (non-hydrogen) atoms. The van der Waals surface area contributed by atoms with Crippen LogP contribution in [-0.4, -0.2) is 29.0 Å². The molecule has 2 heterocycles. The molecule has 1 saturated heterocycles. The molecule has 1 aromatic heterocycles. The maximum atomic E-state index is 11.8. The molecule has 1 aliphatic rings. The molecule has 1 aliphatic heterocycles. The predicted octanol–water partition coefficient (Wildman–Crippen LogP) is 0.319. The SMILES string of the molecule is Cc1cc(C)nc(CNC(=O)[C@@H]2CCNC2)n1. The molecule has 0 aliphatic carbocycles. The Morgan fingerprint density at radius 2 is 2.18 bits per heavy atom. The molecular formula is C12H18N4O. The average Bonchev–Trinajstić information content (AvgIpc) is 2.78. The quantitative estimate of drug-likeness (QED) is 0.790. The van der Waals surface area contributed by atoms with Crippen molar-refractivity contribution < 1.29 is 4.79 Å². The van der Waals surface area contributed by atoms with Crippen LogP contribution in [0.1, 0.15) is 23.6 Å². The smallest absolute Gasteiger partial charge is 0.224 e. The van der Waals surface area contributed by atoms with Gasteiger partial charge in [0, 0.05) is 17.9 Å². The summed E-state index contributed by atoms with van der Waals surface area (Å²) >= 11 is 0. The van der Waals surface area contributed by atoms with Crippen LogP contribution >= 0.6 is 0 Å². The minimum atomic E-state index is 0.0951. The van der Waals surface area contributed by atoms with E-state index < -0.39 is 0 Å². The van der Waals surface area contributed by atoms with Crippen LogP contribution < -0.4 is 10.6 Å². The maximum Gasteiger partial charge on any atom is 0.224 e. The van der Waals surface area contributed by atoms with Gasteiger partial charge in [0.25, 0.3) is 0 Å². The predicted molar refractivity (Wildman–Crippen MR) is 64.3 cm³/mol. The highest BCUT2D eigenvalue weighted by Crippen LogP contribution is 2.07. The van der Waals surface area contributed by atoms with Crippen molar-refractivity contribution in [3.05, 3.63) is 23.3 Å². The van der Waals surface area contributed by atoms with E-state index in [4.69, 9.17) is 0 Å². The van der Waals surface area contributed by atoms with Gasteiger partial charge in [-0.15, -0.1) is 0 Å². The summed E-state index contributed by atoms with van der Waals surface area (Å²) in [5.41, 5.74) is 1.87. The lowest BCUT2D eigenvalue weighted by molar-refractivity contribution is -0.124. The van der Waals surface area contributed by atoms with Gasteiger partial charge in [-0.1, -0.05) is 0 Å². The van der Waals surface area contributed by atoms with Gasteiger partial charge in [0.15, 0.2) is 0 Å². The Bertz CT molecular complexity index is 393. The molecule has 5 heteroatoms. The van der Waals surface area contributed by atoms with Crippen molar-refractivity contribution in [2.75, 3.05) is 13.1 Å². The molecule has 1 aromatic rings. The lowest BCUT2D eigenvalue weighted by Gasteiger charge is -2.09. The molecule has 0 unspecified atom stereocenters. The van der Waals surface area contributed by atoms with E-state index >= 15 is 0 Å². The molecule has 0 bridgehead atoms. The summed E-state index contributed by atoms with van der Waals surface area (Å²) in [5, 5.41) is 6.07. The normalized spacial score (nSPS) is 19.3. The highest BCUT2D eigenvalue weighted by molar-refractivity contribution is 5.79. The lowest BCUT2D eigenvalue weighted by atomic mass is 10.1. The van der Waals surface area contributed by atoms with Crippen LogP contribution in [0.3, 0.4) is 0 Å². The second-order valence-corrected chi connectivity index (χ2v) is 4.47. The number of carbonyl (C=O) groups excluding carboxylic acids is 1. The van der Waals surface area contributed by atoms with E-state index in [0.717, 1.165) is 30.9 Å². The molecule has 92 valence electrons. The van der Waals surface area contributed by atoms with Gasteiger partial charge in [0.2, 0.25) is 5.91 Å². The largest absolute Gasteiger partial charge is 0.349 e. The van der Waals surface area contributed by atoms with E-state index in [-0.39, 0.29) is 11.8 Å². The summed E-state index contributed by atoms with van der Waals surface area (Å²) in [4.78, 5) is 20.4. The third-order valence-electron chi connectivity index (χ3n) is 2.88. The van der Waals surface area contributed by atoms with Crippen molar-refractivity contribution in [3.8, 4) is 0 Å². The topological polar surface area (TPSA) is 66.9 Å². The van der Waals surface area contributed by atoms with Crippen molar-refractivity contribution in [2.45, 2.75) is 26.8 Å². The fraction of sp³-hybridized carbons (Fsp3) is 0.583.